The molecule has 0 amide bonds. The molecule has 0 aliphatic carbocycles. The van der Waals surface area contributed by atoms with Gasteiger partial charge in [-0.1, -0.05) is 35.0 Å². The second kappa shape index (κ2) is 6.06. The standard InChI is InChI=1S/C15H20BrNO2/c1-10(7-12-3-5-14(16)6-4-12)17-8-13(9-17)11(2)15(18)19/h3-6,10-11,13H,7-9H2,1-2H3,(H,18,19). The summed E-state index contributed by atoms with van der Waals surface area (Å²) in [5.41, 5.74) is 1.32. The summed E-state index contributed by atoms with van der Waals surface area (Å²) in [6.07, 6.45) is 1.02. The Hall–Kier alpha value is -0.870. The van der Waals surface area contributed by atoms with Gasteiger partial charge in [0.1, 0.15) is 0 Å². The molecule has 1 N–H and O–H groups in total. The molecule has 1 aromatic carbocycles. The number of hydrogen-bond acceptors (Lipinski definition) is 2. The van der Waals surface area contributed by atoms with Crippen LogP contribution in [0.15, 0.2) is 28.7 Å². The molecule has 1 aromatic rings. The lowest BCUT2D eigenvalue weighted by Gasteiger charge is -2.45. The fourth-order valence-corrected chi connectivity index (χ4v) is 2.78. The number of halogens is 1. The van der Waals surface area contributed by atoms with E-state index in [1.54, 1.807) is 0 Å². The SMILES string of the molecule is CC(C(=O)O)C1CN(C(C)Cc2ccc(Br)cc2)C1. The minimum atomic E-state index is -0.676. The van der Waals surface area contributed by atoms with Crippen LogP contribution in [-0.2, 0) is 11.2 Å². The van der Waals surface area contributed by atoms with Crippen molar-refractivity contribution in [3.8, 4) is 0 Å². The third-order valence-electron chi connectivity index (χ3n) is 4.10. The molecule has 0 aromatic heterocycles. The molecule has 4 heteroatoms. The molecular weight excluding hydrogens is 306 g/mol. The summed E-state index contributed by atoms with van der Waals surface area (Å²) in [7, 11) is 0. The first-order chi connectivity index (χ1) is 8.97. The predicted octanol–water partition coefficient (Wildman–Crippen LogP) is 3.03. The van der Waals surface area contributed by atoms with Crippen molar-refractivity contribution in [3.05, 3.63) is 34.3 Å². The zero-order valence-electron chi connectivity index (χ0n) is 11.3. The number of carboxylic acids is 1. The van der Waals surface area contributed by atoms with E-state index < -0.39 is 5.97 Å². The van der Waals surface area contributed by atoms with Crippen LogP contribution >= 0.6 is 15.9 Å². The molecule has 1 aliphatic rings. The third-order valence-corrected chi connectivity index (χ3v) is 4.63. The highest BCUT2D eigenvalue weighted by Crippen LogP contribution is 2.27. The lowest BCUT2D eigenvalue weighted by molar-refractivity contribution is -0.145. The van der Waals surface area contributed by atoms with E-state index in [-0.39, 0.29) is 5.92 Å². The van der Waals surface area contributed by atoms with E-state index in [1.165, 1.54) is 5.56 Å². The van der Waals surface area contributed by atoms with Crippen LogP contribution in [0.1, 0.15) is 19.4 Å². The number of benzene rings is 1. The first kappa shape index (κ1) is 14.5. The lowest BCUT2D eigenvalue weighted by atomic mass is 9.85. The summed E-state index contributed by atoms with van der Waals surface area (Å²) in [6.45, 7) is 5.84. The molecule has 0 spiro atoms. The van der Waals surface area contributed by atoms with Gasteiger partial charge in [0.05, 0.1) is 5.92 Å². The molecule has 104 valence electrons. The van der Waals surface area contributed by atoms with E-state index in [0.29, 0.717) is 12.0 Å². The monoisotopic (exact) mass is 325 g/mol. The fourth-order valence-electron chi connectivity index (χ4n) is 2.52. The first-order valence-corrected chi connectivity index (χ1v) is 7.48. The van der Waals surface area contributed by atoms with Crippen LogP contribution in [0, 0.1) is 11.8 Å². The van der Waals surface area contributed by atoms with Crippen molar-refractivity contribution >= 4 is 21.9 Å². The summed E-state index contributed by atoms with van der Waals surface area (Å²) in [5.74, 6) is -0.591. The van der Waals surface area contributed by atoms with Gasteiger partial charge < -0.3 is 5.11 Å². The first-order valence-electron chi connectivity index (χ1n) is 6.68. The molecule has 2 unspecified atom stereocenters. The van der Waals surface area contributed by atoms with E-state index in [2.05, 4.69) is 52.0 Å². The largest absolute Gasteiger partial charge is 0.481 e. The van der Waals surface area contributed by atoms with Gasteiger partial charge in [0.25, 0.3) is 0 Å². The molecule has 1 aliphatic heterocycles. The zero-order chi connectivity index (χ0) is 14.0. The smallest absolute Gasteiger partial charge is 0.306 e. The second-order valence-electron chi connectivity index (χ2n) is 5.52. The molecule has 1 fully saturated rings. The van der Waals surface area contributed by atoms with Crippen molar-refractivity contribution in [2.45, 2.75) is 26.3 Å². The normalized spacial score (nSPS) is 19.7. The number of aliphatic carboxylic acids is 1. The van der Waals surface area contributed by atoms with Crippen LogP contribution in [0.2, 0.25) is 0 Å². The summed E-state index contributed by atoms with van der Waals surface area (Å²) < 4.78 is 1.10. The Balaban J connectivity index is 1.81. The van der Waals surface area contributed by atoms with Gasteiger partial charge in [0.15, 0.2) is 0 Å². The van der Waals surface area contributed by atoms with Crippen LogP contribution in [0.25, 0.3) is 0 Å². The van der Waals surface area contributed by atoms with E-state index in [1.807, 2.05) is 6.92 Å². The van der Waals surface area contributed by atoms with Crippen molar-refractivity contribution in [2.24, 2.45) is 11.8 Å². The molecular formula is C15H20BrNO2. The van der Waals surface area contributed by atoms with Gasteiger partial charge >= 0.3 is 5.97 Å². The molecule has 0 bridgehead atoms. The van der Waals surface area contributed by atoms with Gasteiger partial charge in [0, 0.05) is 23.6 Å². The Morgan fingerprint density at radius 2 is 1.95 bits per heavy atom. The number of hydrogen-bond donors (Lipinski definition) is 1. The van der Waals surface area contributed by atoms with Crippen molar-refractivity contribution in [1.82, 2.24) is 4.90 Å². The molecule has 2 rings (SSSR count). The Morgan fingerprint density at radius 1 is 1.37 bits per heavy atom. The highest BCUT2D eigenvalue weighted by molar-refractivity contribution is 9.10. The minimum Gasteiger partial charge on any atom is -0.481 e. The highest BCUT2D eigenvalue weighted by Gasteiger charge is 2.36. The number of carbonyl (C=O) groups is 1. The van der Waals surface area contributed by atoms with Crippen LogP contribution in [0.4, 0.5) is 0 Å². The maximum absolute atomic E-state index is 10.9. The topological polar surface area (TPSA) is 40.5 Å². The highest BCUT2D eigenvalue weighted by atomic mass is 79.9. The predicted molar refractivity (Wildman–Crippen MR) is 79.2 cm³/mol. The third kappa shape index (κ3) is 3.57. The fraction of sp³-hybridized carbons (Fsp3) is 0.533. The van der Waals surface area contributed by atoms with Crippen LogP contribution in [-0.4, -0.2) is 35.1 Å². The van der Waals surface area contributed by atoms with Crippen LogP contribution in [0.3, 0.4) is 0 Å². The van der Waals surface area contributed by atoms with Crippen molar-refractivity contribution in [3.63, 3.8) is 0 Å². The second-order valence-corrected chi connectivity index (χ2v) is 6.44. The van der Waals surface area contributed by atoms with E-state index >= 15 is 0 Å². The zero-order valence-corrected chi connectivity index (χ0v) is 12.9. The number of rotatable bonds is 5. The van der Waals surface area contributed by atoms with Gasteiger partial charge in [-0.15, -0.1) is 0 Å². The summed E-state index contributed by atoms with van der Waals surface area (Å²) in [5, 5.41) is 8.98. The Morgan fingerprint density at radius 3 is 2.47 bits per heavy atom. The van der Waals surface area contributed by atoms with Crippen molar-refractivity contribution in [1.29, 1.82) is 0 Å². The van der Waals surface area contributed by atoms with Gasteiger partial charge in [0.2, 0.25) is 0 Å². The molecule has 1 heterocycles. The molecule has 0 saturated carbocycles. The average Bonchev–Trinajstić information content (AvgIpc) is 2.30. The molecule has 19 heavy (non-hydrogen) atoms. The Kier molecular flexibility index (Phi) is 4.63. The maximum Gasteiger partial charge on any atom is 0.306 e. The van der Waals surface area contributed by atoms with E-state index in [0.717, 1.165) is 24.0 Å². The molecule has 0 radical (unpaired) electrons. The van der Waals surface area contributed by atoms with Gasteiger partial charge in [-0.2, -0.15) is 0 Å². The van der Waals surface area contributed by atoms with Crippen molar-refractivity contribution < 1.29 is 9.90 Å². The Bertz CT molecular complexity index is 440. The van der Waals surface area contributed by atoms with E-state index in [4.69, 9.17) is 5.11 Å². The van der Waals surface area contributed by atoms with Crippen LogP contribution in [0.5, 0.6) is 0 Å². The summed E-state index contributed by atoms with van der Waals surface area (Å²) in [6, 6.07) is 8.87. The summed E-state index contributed by atoms with van der Waals surface area (Å²) >= 11 is 3.44. The van der Waals surface area contributed by atoms with E-state index in [9.17, 15) is 4.79 Å². The van der Waals surface area contributed by atoms with Crippen molar-refractivity contribution in [2.75, 3.05) is 13.1 Å². The van der Waals surface area contributed by atoms with Gasteiger partial charge in [-0.3, -0.25) is 9.69 Å². The minimum absolute atomic E-state index is 0.226. The van der Waals surface area contributed by atoms with Gasteiger partial charge in [-0.05, 0) is 37.0 Å². The average molecular weight is 326 g/mol. The molecule has 2 atom stereocenters. The quantitative estimate of drug-likeness (QED) is 0.904. The number of carboxylic acid groups (broad SMARTS) is 1. The Labute approximate surface area is 122 Å². The number of nitrogens with zero attached hydrogens (tertiary/aromatic N) is 1. The summed E-state index contributed by atoms with van der Waals surface area (Å²) in [4.78, 5) is 13.3. The maximum atomic E-state index is 10.9. The van der Waals surface area contributed by atoms with Crippen LogP contribution < -0.4 is 0 Å². The lowest BCUT2D eigenvalue weighted by Crippen LogP contribution is -2.54. The van der Waals surface area contributed by atoms with Gasteiger partial charge in [-0.25, -0.2) is 0 Å². The molecule has 3 nitrogen and oxygen atoms in total. The number of likely N-dealkylation sites (tertiary alicyclic amines) is 1. The molecule has 1 saturated heterocycles.